The maximum atomic E-state index is 13.9. The molecule has 0 bridgehead atoms. The van der Waals surface area contributed by atoms with E-state index in [4.69, 9.17) is 4.74 Å². The lowest BCUT2D eigenvalue weighted by Gasteiger charge is -2.33. The van der Waals surface area contributed by atoms with Gasteiger partial charge in [-0.3, -0.25) is 0 Å². The van der Waals surface area contributed by atoms with Gasteiger partial charge in [-0.2, -0.15) is 0 Å². The van der Waals surface area contributed by atoms with E-state index in [9.17, 15) is 4.39 Å². The Labute approximate surface area is 129 Å². The van der Waals surface area contributed by atoms with Gasteiger partial charge in [-0.15, -0.1) is 0 Å². The van der Waals surface area contributed by atoms with Crippen molar-refractivity contribution < 1.29 is 9.13 Å². The molecule has 1 aliphatic carbocycles. The lowest BCUT2D eigenvalue weighted by molar-refractivity contribution is -0.0528. The molecule has 0 aliphatic heterocycles. The first-order valence-electron chi connectivity index (χ1n) is 7.22. The molecule has 3 heteroatoms. The standard InChI is InChI=1S/C16H22FIO/c1-2-12-7-3-6-10-15(12)19-16(11-18)13-8-4-5-9-14(13)17/h4-5,8-9,12,15-16H,2-3,6-7,10-11H2,1H3. The molecule has 106 valence electrons. The minimum Gasteiger partial charge on any atom is -0.369 e. The Morgan fingerprint density at radius 3 is 2.74 bits per heavy atom. The van der Waals surface area contributed by atoms with Crippen LogP contribution in [-0.4, -0.2) is 10.5 Å². The van der Waals surface area contributed by atoms with E-state index in [1.54, 1.807) is 6.07 Å². The monoisotopic (exact) mass is 376 g/mol. The predicted molar refractivity (Wildman–Crippen MR) is 85.2 cm³/mol. The molecule has 2 rings (SSSR count). The van der Waals surface area contributed by atoms with Gasteiger partial charge in [0.1, 0.15) is 5.82 Å². The van der Waals surface area contributed by atoms with Gasteiger partial charge in [-0.05, 0) is 24.8 Å². The second-order valence-electron chi connectivity index (χ2n) is 5.29. The van der Waals surface area contributed by atoms with Crippen molar-refractivity contribution in [3.63, 3.8) is 0 Å². The summed E-state index contributed by atoms with van der Waals surface area (Å²) in [5.41, 5.74) is 0.706. The normalized spacial score (nSPS) is 25.2. The summed E-state index contributed by atoms with van der Waals surface area (Å²) >= 11 is 2.29. The largest absolute Gasteiger partial charge is 0.369 e. The summed E-state index contributed by atoms with van der Waals surface area (Å²) in [4.78, 5) is 0. The van der Waals surface area contributed by atoms with Crippen LogP contribution in [0.5, 0.6) is 0 Å². The number of benzene rings is 1. The summed E-state index contributed by atoms with van der Waals surface area (Å²) in [5, 5.41) is 0. The molecular formula is C16H22FIO. The third kappa shape index (κ3) is 3.91. The van der Waals surface area contributed by atoms with E-state index < -0.39 is 0 Å². The molecule has 1 aromatic carbocycles. The highest BCUT2D eigenvalue weighted by atomic mass is 127. The number of ether oxygens (including phenoxy) is 1. The van der Waals surface area contributed by atoms with E-state index >= 15 is 0 Å². The molecule has 1 aliphatic rings. The quantitative estimate of drug-likeness (QED) is 0.501. The molecule has 1 aromatic rings. The van der Waals surface area contributed by atoms with E-state index in [1.807, 2.05) is 12.1 Å². The highest BCUT2D eigenvalue weighted by molar-refractivity contribution is 14.1. The first-order chi connectivity index (χ1) is 9.26. The highest BCUT2D eigenvalue weighted by Gasteiger charge is 2.28. The van der Waals surface area contributed by atoms with Gasteiger partial charge in [-0.1, -0.05) is 67.0 Å². The van der Waals surface area contributed by atoms with Crippen LogP contribution in [0, 0.1) is 11.7 Å². The van der Waals surface area contributed by atoms with Crippen LogP contribution < -0.4 is 0 Å². The minimum atomic E-state index is -0.145. The summed E-state index contributed by atoms with van der Waals surface area (Å²) in [6.07, 6.45) is 6.29. The van der Waals surface area contributed by atoms with Crippen LogP contribution in [-0.2, 0) is 4.74 Å². The van der Waals surface area contributed by atoms with Gasteiger partial charge in [0, 0.05) is 9.99 Å². The topological polar surface area (TPSA) is 9.23 Å². The van der Waals surface area contributed by atoms with Gasteiger partial charge >= 0.3 is 0 Å². The number of alkyl halides is 1. The Morgan fingerprint density at radius 2 is 2.05 bits per heavy atom. The predicted octanol–water partition coefficient (Wildman–Crippen LogP) is 5.29. The van der Waals surface area contributed by atoms with Crippen LogP contribution in [0.25, 0.3) is 0 Å². The zero-order chi connectivity index (χ0) is 13.7. The maximum absolute atomic E-state index is 13.9. The summed E-state index contributed by atoms with van der Waals surface area (Å²) < 4.78 is 20.9. The molecule has 0 aromatic heterocycles. The van der Waals surface area contributed by atoms with Crippen LogP contribution in [0.3, 0.4) is 0 Å². The van der Waals surface area contributed by atoms with Crippen molar-refractivity contribution in [2.24, 2.45) is 5.92 Å². The molecule has 1 fully saturated rings. The van der Waals surface area contributed by atoms with Crippen molar-refractivity contribution in [2.45, 2.75) is 51.2 Å². The molecule has 0 amide bonds. The van der Waals surface area contributed by atoms with E-state index in [0.717, 1.165) is 17.3 Å². The van der Waals surface area contributed by atoms with Gasteiger partial charge in [0.2, 0.25) is 0 Å². The van der Waals surface area contributed by atoms with Crippen LogP contribution in [0.4, 0.5) is 4.39 Å². The lowest BCUT2D eigenvalue weighted by Crippen LogP contribution is -2.29. The van der Waals surface area contributed by atoms with Crippen molar-refractivity contribution in [3.05, 3.63) is 35.6 Å². The van der Waals surface area contributed by atoms with Crippen molar-refractivity contribution in [2.75, 3.05) is 4.43 Å². The van der Waals surface area contributed by atoms with E-state index in [1.165, 1.54) is 25.3 Å². The maximum Gasteiger partial charge on any atom is 0.129 e. The minimum absolute atomic E-state index is 0.112. The van der Waals surface area contributed by atoms with Crippen molar-refractivity contribution >= 4 is 22.6 Å². The molecular weight excluding hydrogens is 354 g/mol. The molecule has 0 spiro atoms. The molecule has 1 saturated carbocycles. The second kappa shape index (κ2) is 7.58. The SMILES string of the molecule is CCC1CCCCC1OC(CI)c1ccccc1F. The van der Waals surface area contributed by atoms with Crippen LogP contribution in [0.15, 0.2) is 24.3 Å². The van der Waals surface area contributed by atoms with Crippen LogP contribution in [0.1, 0.15) is 50.7 Å². The molecule has 0 N–H and O–H groups in total. The summed E-state index contributed by atoms with van der Waals surface area (Å²) in [6.45, 7) is 2.23. The fraction of sp³-hybridized carbons (Fsp3) is 0.625. The zero-order valence-corrected chi connectivity index (χ0v) is 13.6. The second-order valence-corrected chi connectivity index (χ2v) is 6.17. The third-order valence-corrected chi connectivity index (χ3v) is 4.90. The van der Waals surface area contributed by atoms with E-state index in [2.05, 4.69) is 29.5 Å². The Kier molecular flexibility index (Phi) is 6.07. The molecule has 19 heavy (non-hydrogen) atoms. The third-order valence-electron chi connectivity index (χ3n) is 4.10. The van der Waals surface area contributed by atoms with Gasteiger partial charge in [0.05, 0.1) is 12.2 Å². The first-order valence-corrected chi connectivity index (χ1v) is 8.74. The summed E-state index contributed by atoms with van der Waals surface area (Å²) in [7, 11) is 0. The Morgan fingerprint density at radius 1 is 1.32 bits per heavy atom. The number of hydrogen-bond acceptors (Lipinski definition) is 1. The fourth-order valence-electron chi connectivity index (χ4n) is 2.96. The Hall–Kier alpha value is -0.160. The van der Waals surface area contributed by atoms with Crippen LogP contribution in [0.2, 0.25) is 0 Å². The summed E-state index contributed by atoms with van der Waals surface area (Å²) in [6, 6.07) is 7.00. The zero-order valence-electron chi connectivity index (χ0n) is 11.4. The molecule has 3 atom stereocenters. The van der Waals surface area contributed by atoms with Gasteiger partial charge in [-0.25, -0.2) is 4.39 Å². The number of rotatable bonds is 5. The number of halogens is 2. The van der Waals surface area contributed by atoms with Gasteiger partial charge in [0.25, 0.3) is 0 Å². The van der Waals surface area contributed by atoms with Crippen LogP contribution >= 0.6 is 22.6 Å². The first kappa shape index (κ1) is 15.2. The van der Waals surface area contributed by atoms with E-state index in [-0.39, 0.29) is 11.9 Å². The number of hydrogen-bond donors (Lipinski definition) is 0. The highest BCUT2D eigenvalue weighted by Crippen LogP contribution is 2.34. The lowest BCUT2D eigenvalue weighted by atomic mass is 9.84. The molecule has 0 saturated heterocycles. The smallest absolute Gasteiger partial charge is 0.129 e. The van der Waals surface area contributed by atoms with Gasteiger partial charge in [0.15, 0.2) is 0 Å². The molecule has 1 nitrogen and oxygen atoms in total. The van der Waals surface area contributed by atoms with Crippen molar-refractivity contribution in [3.8, 4) is 0 Å². The Bertz CT molecular complexity index is 396. The molecule has 0 heterocycles. The summed E-state index contributed by atoms with van der Waals surface area (Å²) in [5.74, 6) is 0.499. The van der Waals surface area contributed by atoms with Crippen molar-refractivity contribution in [1.29, 1.82) is 0 Å². The fourth-order valence-corrected chi connectivity index (χ4v) is 3.64. The molecule has 0 radical (unpaired) electrons. The molecule has 3 unspecified atom stereocenters. The van der Waals surface area contributed by atoms with Gasteiger partial charge < -0.3 is 4.74 Å². The average molecular weight is 376 g/mol. The Balaban J connectivity index is 2.08. The average Bonchev–Trinajstić information content (AvgIpc) is 2.46. The van der Waals surface area contributed by atoms with E-state index in [0.29, 0.717) is 17.6 Å². The van der Waals surface area contributed by atoms with Crippen molar-refractivity contribution in [1.82, 2.24) is 0 Å².